The van der Waals surface area contributed by atoms with Crippen LogP contribution < -0.4 is 0 Å². The van der Waals surface area contributed by atoms with Gasteiger partial charge in [0.1, 0.15) is 0 Å². The van der Waals surface area contributed by atoms with Gasteiger partial charge in [0.15, 0.2) is 0 Å². The minimum atomic E-state index is -3.24. The van der Waals surface area contributed by atoms with Crippen molar-refractivity contribution in [1.82, 2.24) is 14.1 Å². The van der Waals surface area contributed by atoms with E-state index in [0.29, 0.717) is 54.2 Å². The molecule has 0 aliphatic carbocycles. The van der Waals surface area contributed by atoms with Gasteiger partial charge < -0.3 is 9.80 Å². The highest BCUT2D eigenvalue weighted by Crippen LogP contribution is 2.35. The normalized spacial score (nSPS) is 19.3. The van der Waals surface area contributed by atoms with E-state index in [1.807, 2.05) is 44.2 Å². The molecule has 2 unspecified atom stereocenters. The summed E-state index contributed by atoms with van der Waals surface area (Å²) in [6, 6.07) is 12.6. The number of hydrogen-bond donors (Lipinski definition) is 0. The maximum Gasteiger partial charge on any atom is 0.233 e. The topological polar surface area (TPSA) is 60.9 Å². The average molecular weight is 561 g/mol. The minimum absolute atomic E-state index is 0.0336. The Balaban J connectivity index is 1.81. The molecule has 1 aliphatic heterocycles. The van der Waals surface area contributed by atoms with E-state index in [2.05, 4.69) is 4.90 Å². The van der Waals surface area contributed by atoms with Gasteiger partial charge in [-0.2, -0.15) is 4.31 Å². The molecule has 0 radical (unpaired) electrons. The predicted octanol–water partition coefficient (Wildman–Crippen LogP) is 4.92. The van der Waals surface area contributed by atoms with Crippen LogP contribution in [0.4, 0.5) is 0 Å². The lowest BCUT2D eigenvalue weighted by atomic mass is 9.77. The molecule has 0 N–H and O–H groups in total. The lowest BCUT2D eigenvalue weighted by Crippen LogP contribution is -2.54. The number of rotatable bonds is 8. The molecule has 1 saturated heterocycles. The lowest BCUT2D eigenvalue weighted by Gasteiger charge is -2.40. The number of sulfonamides is 1. The van der Waals surface area contributed by atoms with E-state index in [9.17, 15) is 13.2 Å². The Morgan fingerprint density at radius 3 is 2.31 bits per heavy atom. The van der Waals surface area contributed by atoms with Crippen molar-refractivity contribution in [1.29, 1.82) is 0 Å². The Morgan fingerprint density at radius 2 is 1.74 bits per heavy atom. The molecule has 0 aromatic heterocycles. The maximum absolute atomic E-state index is 13.9. The zero-order valence-electron chi connectivity index (χ0n) is 20.5. The maximum atomic E-state index is 13.9. The third kappa shape index (κ3) is 6.90. The van der Waals surface area contributed by atoms with Crippen LogP contribution in [-0.4, -0.2) is 74.0 Å². The number of likely N-dealkylation sites (N-methyl/N-ethyl adjacent to an activating group) is 1. The van der Waals surface area contributed by atoms with Gasteiger partial charge in [0.2, 0.25) is 15.9 Å². The molecule has 0 bridgehead atoms. The third-order valence-corrected chi connectivity index (χ3v) is 9.10. The second-order valence-electron chi connectivity index (χ2n) is 9.52. The number of benzene rings is 2. The lowest BCUT2D eigenvalue weighted by molar-refractivity contribution is -0.136. The van der Waals surface area contributed by atoms with Gasteiger partial charge in [0.25, 0.3) is 0 Å². The van der Waals surface area contributed by atoms with Crippen molar-refractivity contribution in [2.24, 2.45) is 0 Å². The molecule has 2 atom stereocenters. The van der Waals surface area contributed by atoms with Crippen molar-refractivity contribution in [2.45, 2.75) is 38.3 Å². The van der Waals surface area contributed by atoms with E-state index in [4.69, 9.17) is 34.8 Å². The van der Waals surface area contributed by atoms with Crippen LogP contribution in [-0.2, 0) is 26.8 Å². The molecule has 10 heteroatoms. The van der Waals surface area contributed by atoms with E-state index < -0.39 is 15.4 Å². The zero-order valence-corrected chi connectivity index (χ0v) is 23.6. The first kappa shape index (κ1) is 28.2. The fraction of sp³-hybridized carbons (Fsp3) is 0.480. The predicted molar refractivity (Wildman–Crippen MR) is 144 cm³/mol. The van der Waals surface area contributed by atoms with Gasteiger partial charge in [-0.05, 0) is 62.2 Å². The van der Waals surface area contributed by atoms with Gasteiger partial charge in [-0.3, -0.25) is 4.79 Å². The Morgan fingerprint density at radius 1 is 1.09 bits per heavy atom. The summed E-state index contributed by atoms with van der Waals surface area (Å²) in [5.74, 6) is -0.0336. The molecule has 2 aromatic rings. The van der Waals surface area contributed by atoms with Crippen molar-refractivity contribution in [3.05, 3.63) is 68.7 Å². The van der Waals surface area contributed by atoms with Gasteiger partial charge in [-0.15, -0.1) is 0 Å². The van der Waals surface area contributed by atoms with E-state index in [1.54, 1.807) is 24.1 Å². The quantitative estimate of drug-likeness (QED) is 0.460. The fourth-order valence-electron chi connectivity index (χ4n) is 4.66. The number of nitrogens with zero attached hydrogens (tertiary/aromatic N) is 3. The first-order valence-corrected chi connectivity index (χ1v) is 14.4. The van der Waals surface area contributed by atoms with E-state index in [1.165, 1.54) is 10.6 Å². The molecule has 1 aliphatic rings. The van der Waals surface area contributed by atoms with Crippen LogP contribution in [0.1, 0.15) is 31.4 Å². The van der Waals surface area contributed by atoms with Crippen molar-refractivity contribution >= 4 is 50.7 Å². The number of piperazine rings is 1. The van der Waals surface area contributed by atoms with Crippen LogP contribution in [0.5, 0.6) is 0 Å². The zero-order chi connectivity index (χ0) is 26.0. The van der Waals surface area contributed by atoms with Crippen LogP contribution >= 0.6 is 34.8 Å². The van der Waals surface area contributed by atoms with Crippen LogP contribution in [0.15, 0.2) is 42.5 Å². The van der Waals surface area contributed by atoms with Gasteiger partial charge in [0, 0.05) is 44.3 Å². The molecule has 1 amide bonds. The van der Waals surface area contributed by atoms with E-state index in [0.717, 1.165) is 11.1 Å². The van der Waals surface area contributed by atoms with Gasteiger partial charge >= 0.3 is 0 Å². The molecule has 3 rings (SSSR count). The Kier molecular flexibility index (Phi) is 9.16. The van der Waals surface area contributed by atoms with Crippen molar-refractivity contribution < 1.29 is 13.2 Å². The first-order valence-electron chi connectivity index (χ1n) is 11.5. The van der Waals surface area contributed by atoms with Crippen LogP contribution in [0.3, 0.4) is 0 Å². The molecule has 192 valence electrons. The molecular weight excluding hydrogens is 529 g/mol. The van der Waals surface area contributed by atoms with Crippen molar-refractivity contribution in [3.63, 3.8) is 0 Å². The summed E-state index contributed by atoms with van der Waals surface area (Å²) in [7, 11) is -1.45. The number of hydrogen-bond acceptors (Lipinski definition) is 4. The van der Waals surface area contributed by atoms with E-state index >= 15 is 0 Å². The molecule has 2 aromatic carbocycles. The Hall–Kier alpha value is -1.35. The summed E-state index contributed by atoms with van der Waals surface area (Å²) in [6.45, 7) is 6.59. The number of carbonyl (C=O) groups excluding carboxylic acids is 1. The van der Waals surface area contributed by atoms with Crippen molar-refractivity contribution in [3.8, 4) is 0 Å². The summed E-state index contributed by atoms with van der Waals surface area (Å²) in [4.78, 5) is 17.8. The smallest absolute Gasteiger partial charge is 0.233 e. The number of carbonyl (C=O) groups is 1. The van der Waals surface area contributed by atoms with Crippen LogP contribution in [0.2, 0.25) is 15.1 Å². The van der Waals surface area contributed by atoms with Crippen LogP contribution in [0, 0.1) is 0 Å². The van der Waals surface area contributed by atoms with E-state index in [-0.39, 0.29) is 11.9 Å². The average Bonchev–Trinajstić information content (AvgIpc) is 2.79. The second kappa shape index (κ2) is 11.4. The molecule has 6 nitrogen and oxygen atoms in total. The molecular formula is C25H32Cl3N3O3S. The summed E-state index contributed by atoms with van der Waals surface area (Å²) < 4.78 is 25.6. The Bertz CT molecular complexity index is 1160. The number of amides is 1. The van der Waals surface area contributed by atoms with Gasteiger partial charge in [-0.1, -0.05) is 53.0 Å². The molecule has 0 spiro atoms. The van der Waals surface area contributed by atoms with Crippen molar-refractivity contribution in [2.75, 3.05) is 39.5 Å². The molecule has 35 heavy (non-hydrogen) atoms. The first-order chi connectivity index (χ1) is 16.3. The van der Waals surface area contributed by atoms with Gasteiger partial charge in [-0.25, -0.2) is 8.42 Å². The largest absolute Gasteiger partial charge is 0.341 e. The second-order valence-corrected chi connectivity index (χ2v) is 12.7. The summed E-state index contributed by atoms with van der Waals surface area (Å²) in [6.07, 6.45) is 1.79. The third-order valence-electron chi connectivity index (χ3n) is 6.71. The Labute approximate surface area is 223 Å². The molecule has 1 fully saturated rings. The summed E-state index contributed by atoms with van der Waals surface area (Å²) in [5.41, 5.74) is 0.919. The highest BCUT2D eigenvalue weighted by molar-refractivity contribution is 7.88. The fourth-order valence-corrected chi connectivity index (χ4v) is 6.22. The molecule has 1 heterocycles. The van der Waals surface area contributed by atoms with Crippen LogP contribution in [0.25, 0.3) is 0 Å². The minimum Gasteiger partial charge on any atom is -0.341 e. The summed E-state index contributed by atoms with van der Waals surface area (Å²) >= 11 is 18.5. The number of halogens is 3. The van der Waals surface area contributed by atoms with Gasteiger partial charge in [0.05, 0.1) is 21.7 Å². The summed E-state index contributed by atoms with van der Waals surface area (Å²) in [5, 5.41) is 1.48. The monoisotopic (exact) mass is 559 g/mol. The highest BCUT2D eigenvalue weighted by atomic mass is 35.5. The highest BCUT2D eigenvalue weighted by Gasteiger charge is 2.39. The molecule has 0 saturated carbocycles. The SMILES string of the molecule is CC1CN(CCC(C)(C(=O)N(C)Cc2ccc(Cl)cc2)c2ccc(Cl)c(Cl)c2)CCN1S(C)(=O)=O. The standard InChI is InChI=1S/C25H32Cl3N3O3S/c1-18-16-30(13-14-31(18)35(4,33)34)12-11-25(2,20-7-10-22(27)23(28)15-20)24(32)29(3)17-19-5-8-21(26)9-6-19/h5-10,15,18H,11-14,16-17H2,1-4H3.